The lowest BCUT2D eigenvalue weighted by Gasteiger charge is -2.38. The summed E-state index contributed by atoms with van der Waals surface area (Å²) in [5.74, 6) is 1.87. The number of hydrogen-bond donors (Lipinski definition) is 0. The van der Waals surface area contributed by atoms with Gasteiger partial charge in [-0.15, -0.1) is 5.54 Å². The molecule has 0 aromatic heterocycles. The predicted octanol–water partition coefficient (Wildman–Crippen LogP) is 3.90. The van der Waals surface area contributed by atoms with Gasteiger partial charge >= 0.3 is 5.97 Å². The molecule has 1 rings (SSSR count). The maximum Gasteiger partial charge on any atom is 0.353 e. The van der Waals surface area contributed by atoms with Crippen molar-refractivity contribution in [3.05, 3.63) is 0 Å². The third kappa shape index (κ3) is 3.81. The molecule has 1 saturated heterocycles. The lowest BCUT2D eigenvalue weighted by Crippen LogP contribution is -2.46. The number of esters is 1. The van der Waals surface area contributed by atoms with E-state index in [9.17, 15) is 4.79 Å². The SMILES string of the molecule is COC(=O)[C@@]1(C#C[Si](C(C)C)(C(C)C)C(C)C)COC(C)(C)O1. The topological polar surface area (TPSA) is 44.8 Å². The fourth-order valence-corrected chi connectivity index (χ4v) is 9.06. The van der Waals surface area contributed by atoms with Crippen LogP contribution < -0.4 is 0 Å². The molecule has 0 saturated carbocycles. The van der Waals surface area contributed by atoms with Crippen molar-refractivity contribution in [2.45, 2.75) is 83.4 Å². The fraction of sp³-hybridized carbons (Fsp3) is 0.833. The van der Waals surface area contributed by atoms with Crippen molar-refractivity contribution in [1.29, 1.82) is 0 Å². The van der Waals surface area contributed by atoms with Crippen LogP contribution in [0, 0.1) is 11.5 Å². The van der Waals surface area contributed by atoms with E-state index in [2.05, 4.69) is 53.0 Å². The maximum atomic E-state index is 12.3. The van der Waals surface area contributed by atoms with Crippen LogP contribution in [0.25, 0.3) is 0 Å². The molecule has 0 N–H and O–H groups in total. The number of carbonyl (C=O) groups excluding carboxylic acids is 1. The van der Waals surface area contributed by atoms with Gasteiger partial charge in [0.25, 0.3) is 5.60 Å². The highest BCUT2D eigenvalue weighted by atomic mass is 28.3. The predicted molar refractivity (Wildman–Crippen MR) is 94.7 cm³/mol. The van der Waals surface area contributed by atoms with Crippen molar-refractivity contribution in [3.63, 3.8) is 0 Å². The number of ether oxygens (including phenoxy) is 3. The molecule has 0 spiro atoms. The first-order valence-electron chi connectivity index (χ1n) is 8.40. The Morgan fingerprint density at radius 2 is 1.57 bits per heavy atom. The van der Waals surface area contributed by atoms with Crippen LogP contribution in [0.15, 0.2) is 0 Å². The zero-order valence-electron chi connectivity index (χ0n) is 16.1. The smallest absolute Gasteiger partial charge is 0.353 e. The van der Waals surface area contributed by atoms with Crippen molar-refractivity contribution >= 4 is 14.0 Å². The molecule has 0 bridgehead atoms. The Hall–Kier alpha value is -0.833. The molecule has 0 amide bonds. The average molecular weight is 341 g/mol. The van der Waals surface area contributed by atoms with E-state index < -0.39 is 25.4 Å². The maximum absolute atomic E-state index is 12.3. The lowest BCUT2D eigenvalue weighted by atomic mass is 10.1. The second-order valence-electron chi connectivity index (χ2n) is 7.76. The Bertz CT molecular complexity index is 477. The van der Waals surface area contributed by atoms with Gasteiger partial charge in [-0.05, 0) is 30.5 Å². The molecular weight excluding hydrogens is 308 g/mol. The van der Waals surface area contributed by atoms with Gasteiger partial charge in [0, 0.05) is 0 Å². The van der Waals surface area contributed by atoms with Gasteiger partial charge in [-0.2, -0.15) is 0 Å². The van der Waals surface area contributed by atoms with E-state index in [0.717, 1.165) is 0 Å². The minimum atomic E-state index is -1.95. The van der Waals surface area contributed by atoms with Gasteiger partial charge in [0.2, 0.25) is 0 Å². The quantitative estimate of drug-likeness (QED) is 0.442. The zero-order chi connectivity index (χ0) is 18.1. The van der Waals surface area contributed by atoms with Crippen molar-refractivity contribution < 1.29 is 19.0 Å². The summed E-state index contributed by atoms with van der Waals surface area (Å²) in [5.41, 5.74) is 3.70. The van der Waals surface area contributed by atoms with Crippen molar-refractivity contribution in [2.24, 2.45) is 0 Å². The van der Waals surface area contributed by atoms with E-state index in [1.165, 1.54) is 7.11 Å². The van der Waals surface area contributed by atoms with Gasteiger partial charge in [-0.25, -0.2) is 4.79 Å². The number of carbonyl (C=O) groups is 1. The van der Waals surface area contributed by atoms with Crippen molar-refractivity contribution in [3.8, 4) is 11.5 Å². The third-order valence-corrected chi connectivity index (χ3v) is 11.2. The highest BCUT2D eigenvalue weighted by molar-refractivity contribution is 6.90. The summed E-state index contributed by atoms with van der Waals surface area (Å²) in [5, 5.41) is 0. The molecule has 1 aliphatic heterocycles. The minimum absolute atomic E-state index is 0.110. The third-order valence-electron chi connectivity index (χ3n) is 4.91. The minimum Gasteiger partial charge on any atom is -0.466 e. The molecule has 0 aromatic carbocycles. The highest BCUT2D eigenvalue weighted by Crippen LogP contribution is 2.41. The first-order valence-corrected chi connectivity index (χ1v) is 10.6. The van der Waals surface area contributed by atoms with Gasteiger partial charge in [0.1, 0.15) is 14.7 Å². The summed E-state index contributed by atoms with van der Waals surface area (Å²) in [7, 11) is -0.592. The van der Waals surface area contributed by atoms with Crippen LogP contribution in [0.5, 0.6) is 0 Å². The molecule has 0 aromatic rings. The number of hydrogen-bond acceptors (Lipinski definition) is 4. The summed E-state index contributed by atoms with van der Waals surface area (Å²) in [4.78, 5) is 12.3. The molecule has 1 fully saturated rings. The van der Waals surface area contributed by atoms with Gasteiger partial charge < -0.3 is 14.2 Å². The second-order valence-corrected chi connectivity index (χ2v) is 13.3. The van der Waals surface area contributed by atoms with E-state index in [1.54, 1.807) is 13.8 Å². The average Bonchev–Trinajstić information content (AvgIpc) is 2.74. The number of rotatable bonds is 4. The lowest BCUT2D eigenvalue weighted by molar-refractivity contribution is -0.178. The summed E-state index contributed by atoms with van der Waals surface area (Å²) in [6.45, 7) is 17.1. The molecular formula is C18H32O4Si. The normalized spacial score (nSPS) is 24.0. The molecule has 0 aliphatic carbocycles. The van der Waals surface area contributed by atoms with Crippen LogP contribution in [0.4, 0.5) is 0 Å². The van der Waals surface area contributed by atoms with Gasteiger partial charge in [0.05, 0.1) is 7.11 Å². The molecule has 132 valence electrons. The summed E-state index contributed by atoms with van der Waals surface area (Å²) < 4.78 is 16.4. The largest absolute Gasteiger partial charge is 0.466 e. The van der Waals surface area contributed by atoms with E-state index in [4.69, 9.17) is 14.2 Å². The van der Waals surface area contributed by atoms with Crippen LogP contribution in [0.3, 0.4) is 0 Å². The van der Waals surface area contributed by atoms with Gasteiger partial charge in [-0.1, -0.05) is 47.5 Å². The Balaban J connectivity index is 3.38. The van der Waals surface area contributed by atoms with Crippen LogP contribution in [0.1, 0.15) is 55.4 Å². The summed E-state index contributed by atoms with van der Waals surface area (Å²) in [6, 6.07) is 0. The standard InChI is InChI=1S/C18H32O4Si/c1-13(2)23(14(3)4,15(5)6)11-10-18(16(19)20-9)12-21-17(7,8)22-18/h13-15H,12H2,1-9H3/t18-/m1/s1. The summed E-state index contributed by atoms with van der Waals surface area (Å²) in [6.07, 6.45) is 0. The molecule has 0 unspecified atom stereocenters. The fourth-order valence-electron chi connectivity index (χ4n) is 3.77. The van der Waals surface area contributed by atoms with E-state index in [0.29, 0.717) is 16.6 Å². The second kappa shape index (κ2) is 6.96. The Morgan fingerprint density at radius 1 is 1.09 bits per heavy atom. The molecule has 4 nitrogen and oxygen atoms in total. The molecule has 0 radical (unpaired) electrons. The monoisotopic (exact) mass is 340 g/mol. The van der Waals surface area contributed by atoms with Gasteiger partial charge in [0.15, 0.2) is 5.79 Å². The van der Waals surface area contributed by atoms with Crippen molar-refractivity contribution in [2.75, 3.05) is 13.7 Å². The first kappa shape index (κ1) is 20.2. The molecule has 23 heavy (non-hydrogen) atoms. The Labute approximate surface area is 142 Å². The van der Waals surface area contributed by atoms with Crippen LogP contribution in [-0.2, 0) is 19.0 Å². The molecule has 1 heterocycles. The van der Waals surface area contributed by atoms with E-state index in [1.807, 2.05) is 0 Å². The molecule has 5 heteroatoms. The van der Waals surface area contributed by atoms with Crippen LogP contribution >= 0.6 is 0 Å². The summed E-state index contributed by atoms with van der Waals surface area (Å²) >= 11 is 0. The Kier molecular flexibility index (Phi) is 6.12. The zero-order valence-corrected chi connectivity index (χ0v) is 17.1. The van der Waals surface area contributed by atoms with Gasteiger partial charge in [-0.3, -0.25) is 0 Å². The van der Waals surface area contributed by atoms with Crippen LogP contribution in [-0.4, -0.2) is 39.1 Å². The van der Waals surface area contributed by atoms with E-state index in [-0.39, 0.29) is 6.61 Å². The van der Waals surface area contributed by atoms with Crippen molar-refractivity contribution in [1.82, 2.24) is 0 Å². The number of methoxy groups -OCH3 is 1. The molecule has 1 aliphatic rings. The molecule has 1 atom stereocenters. The van der Waals surface area contributed by atoms with E-state index >= 15 is 0 Å². The van der Waals surface area contributed by atoms with Crippen LogP contribution in [0.2, 0.25) is 16.6 Å². The Morgan fingerprint density at radius 3 is 1.87 bits per heavy atom. The first-order chi connectivity index (χ1) is 10.4. The highest BCUT2D eigenvalue weighted by Gasteiger charge is 2.52.